The van der Waals surface area contributed by atoms with Gasteiger partial charge in [-0.25, -0.2) is 0 Å². The monoisotopic (exact) mass is 381 g/mol. The van der Waals surface area contributed by atoms with Crippen LogP contribution in [0.1, 0.15) is 40.0 Å². The van der Waals surface area contributed by atoms with E-state index in [1.54, 1.807) is 25.3 Å². The summed E-state index contributed by atoms with van der Waals surface area (Å²) in [7, 11) is 1.60. The smallest absolute Gasteiger partial charge is 0.255 e. The van der Waals surface area contributed by atoms with Crippen molar-refractivity contribution in [2.45, 2.75) is 19.3 Å². The van der Waals surface area contributed by atoms with E-state index in [1.165, 1.54) is 6.42 Å². The van der Waals surface area contributed by atoms with Crippen molar-refractivity contribution in [2.75, 3.05) is 43.6 Å². The highest BCUT2D eigenvalue weighted by molar-refractivity contribution is 6.06. The Morgan fingerprint density at radius 3 is 2.46 bits per heavy atom. The Bertz CT molecular complexity index is 802. The van der Waals surface area contributed by atoms with Crippen LogP contribution in [0, 0.1) is 0 Å². The number of nitrogens with zero attached hydrogens (tertiary/aromatic N) is 1. The van der Waals surface area contributed by atoms with Crippen LogP contribution in [0.15, 0.2) is 48.5 Å². The van der Waals surface area contributed by atoms with Gasteiger partial charge in [0.15, 0.2) is 0 Å². The molecule has 1 saturated heterocycles. The van der Waals surface area contributed by atoms with E-state index in [1.807, 2.05) is 30.3 Å². The summed E-state index contributed by atoms with van der Waals surface area (Å²) in [5.74, 6) is -0.356. The zero-order valence-electron chi connectivity index (χ0n) is 16.2. The summed E-state index contributed by atoms with van der Waals surface area (Å²) < 4.78 is 5.02. The van der Waals surface area contributed by atoms with E-state index < -0.39 is 0 Å². The lowest BCUT2D eigenvalue weighted by atomic mass is 10.1. The first-order valence-corrected chi connectivity index (χ1v) is 9.71. The molecule has 28 heavy (non-hydrogen) atoms. The Labute approximate surface area is 165 Å². The van der Waals surface area contributed by atoms with Gasteiger partial charge >= 0.3 is 0 Å². The number of rotatable bonds is 7. The number of carbonyl (C=O) groups is 2. The summed E-state index contributed by atoms with van der Waals surface area (Å²) in [6, 6.07) is 14.6. The van der Waals surface area contributed by atoms with Gasteiger partial charge in [0, 0.05) is 43.7 Å². The first kappa shape index (κ1) is 19.9. The topological polar surface area (TPSA) is 70.7 Å². The largest absolute Gasteiger partial charge is 0.383 e. The zero-order chi connectivity index (χ0) is 19.8. The second kappa shape index (κ2) is 9.90. The molecule has 1 fully saturated rings. The number of ether oxygens (including phenoxy) is 1. The highest BCUT2D eigenvalue weighted by Crippen LogP contribution is 2.27. The van der Waals surface area contributed by atoms with Gasteiger partial charge in [-0.2, -0.15) is 0 Å². The average Bonchev–Trinajstić information content (AvgIpc) is 2.75. The molecule has 1 heterocycles. The second-order valence-electron chi connectivity index (χ2n) is 6.85. The third-order valence-electron chi connectivity index (χ3n) is 4.82. The van der Waals surface area contributed by atoms with Gasteiger partial charge in [0.1, 0.15) is 0 Å². The van der Waals surface area contributed by atoms with E-state index in [2.05, 4.69) is 15.5 Å². The maximum absolute atomic E-state index is 12.8. The van der Waals surface area contributed by atoms with E-state index in [0.717, 1.165) is 31.6 Å². The lowest BCUT2D eigenvalue weighted by Crippen LogP contribution is -2.33. The van der Waals surface area contributed by atoms with Crippen molar-refractivity contribution >= 4 is 23.2 Å². The quantitative estimate of drug-likeness (QED) is 0.722. The molecular formula is C22H27N3O3. The number of carbonyl (C=O) groups excluding carboxylic acids is 2. The standard InChI is InChI=1S/C22H27N3O3/c1-28-15-12-23-22(27)19-16-18(24-21(26)17-8-4-2-5-9-17)10-11-20(19)25-13-6-3-7-14-25/h2,4-5,8-11,16H,3,6-7,12-15H2,1H3,(H,23,27)(H,24,26). The highest BCUT2D eigenvalue weighted by atomic mass is 16.5. The predicted octanol–water partition coefficient (Wildman–Crippen LogP) is 3.31. The van der Waals surface area contributed by atoms with Crippen LogP contribution in [0.3, 0.4) is 0 Å². The molecule has 2 aromatic rings. The summed E-state index contributed by atoms with van der Waals surface area (Å²) in [5, 5.41) is 5.78. The molecule has 2 amide bonds. The molecule has 148 valence electrons. The Hall–Kier alpha value is -2.86. The zero-order valence-corrected chi connectivity index (χ0v) is 16.2. The number of benzene rings is 2. The number of anilines is 2. The fraction of sp³-hybridized carbons (Fsp3) is 0.364. The minimum absolute atomic E-state index is 0.159. The van der Waals surface area contributed by atoms with Crippen molar-refractivity contribution < 1.29 is 14.3 Å². The van der Waals surface area contributed by atoms with Crippen LogP contribution in [-0.4, -0.2) is 45.2 Å². The minimum atomic E-state index is -0.197. The SMILES string of the molecule is COCCNC(=O)c1cc(NC(=O)c2ccccc2)ccc1N1CCCCC1. The summed E-state index contributed by atoms with van der Waals surface area (Å²) in [6.07, 6.45) is 3.46. The first-order valence-electron chi connectivity index (χ1n) is 9.71. The molecule has 0 saturated carbocycles. The lowest BCUT2D eigenvalue weighted by molar-refractivity contribution is 0.0936. The van der Waals surface area contributed by atoms with Crippen molar-refractivity contribution in [1.82, 2.24) is 5.32 Å². The van der Waals surface area contributed by atoms with Crippen LogP contribution in [0.5, 0.6) is 0 Å². The van der Waals surface area contributed by atoms with E-state index in [9.17, 15) is 9.59 Å². The number of methoxy groups -OCH3 is 1. The van der Waals surface area contributed by atoms with Crippen LogP contribution in [0.2, 0.25) is 0 Å². The first-order chi connectivity index (χ1) is 13.7. The molecule has 0 atom stereocenters. The normalized spacial score (nSPS) is 13.8. The van der Waals surface area contributed by atoms with Crippen molar-refractivity contribution in [3.05, 3.63) is 59.7 Å². The predicted molar refractivity (Wildman–Crippen MR) is 111 cm³/mol. The Balaban J connectivity index is 1.82. The fourth-order valence-corrected chi connectivity index (χ4v) is 3.36. The van der Waals surface area contributed by atoms with Gasteiger partial charge in [0.25, 0.3) is 11.8 Å². The van der Waals surface area contributed by atoms with Gasteiger partial charge in [-0.1, -0.05) is 18.2 Å². The molecule has 0 radical (unpaired) electrons. The van der Waals surface area contributed by atoms with Crippen LogP contribution in [-0.2, 0) is 4.74 Å². The molecule has 0 aliphatic carbocycles. The molecule has 3 rings (SSSR count). The van der Waals surface area contributed by atoms with Crippen LogP contribution < -0.4 is 15.5 Å². The van der Waals surface area contributed by atoms with E-state index in [4.69, 9.17) is 4.74 Å². The molecule has 2 aromatic carbocycles. The van der Waals surface area contributed by atoms with Crippen molar-refractivity contribution in [1.29, 1.82) is 0 Å². The molecule has 0 bridgehead atoms. The number of nitrogens with one attached hydrogen (secondary N) is 2. The second-order valence-corrected chi connectivity index (χ2v) is 6.85. The maximum Gasteiger partial charge on any atom is 0.255 e. The van der Waals surface area contributed by atoms with Crippen LogP contribution >= 0.6 is 0 Å². The number of hydrogen-bond donors (Lipinski definition) is 2. The number of piperidine rings is 1. The van der Waals surface area contributed by atoms with Crippen LogP contribution in [0.4, 0.5) is 11.4 Å². The van der Waals surface area contributed by atoms with Crippen molar-refractivity contribution in [3.8, 4) is 0 Å². The molecule has 6 heteroatoms. The molecule has 6 nitrogen and oxygen atoms in total. The third-order valence-corrected chi connectivity index (χ3v) is 4.82. The van der Waals surface area contributed by atoms with Crippen molar-refractivity contribution in [2.24, 2.45) is 0 Å². The van der Waals surface area contributed by atoms with Gasteiger partial charge in [-0.15, -0.1) is 0 Å². The summed E-state index contributed by atoms with van der Waals surface area (Å²) >= 11 is 0. The number of hydrogen-bond acceptors (Lipinski definition) is 4. The molecule has 0 aromatic heterocycles. The van der Waals surface area contributed by atoms with Gasteiger partial charge in [-0.05, 0) is 49.6 Å². The summed E-state index contributed by atoms with van der Waals surface area (Å²) in [6.45, 7) is 2.77. The molecule has 2 N–H and O–H groups in total. The highest BCUT2D eigenvalue weighted by Gasteiger charge is 2.19. The van der Waals surface area contributed by atoms with E-state index >= 15 is 0 Å². The average molecular weight is 381 g/mol. The molecule has 0 spiro atoms. The molecule has 1 aliphatic heterocycles. The summed E-state index contributed by atoms with van der Waals surface area (Å²) in [5.41, 5.74) is 2.66. The van der Waals surface area contributed by atoms with E-state index in [0.29, 0.717) is 30.0 Å². The van der Waals surface area contributed by atoms with Crippen molar-refractivity contribution in [3.63, 3.8) is 0 Å². The van der Waals surface area contributed by atoms with E-state index in [-0.39, 0.29) is 11.8 Å². The lowest BCUT2D eigenvalue weighted by Gasteiger charge is -2.30. The fourth-order valence-electron chi connectivity index (χ4n) is 3.36. The van der Waals surface area contributed by atoms with Crippen LogP contribution in [0.25, 0.3) is 0 Å². The third kappa shape index (κ3) is 5.10. The van der Waals surface area contributed by atoms with Gasteiger partial charge < -0.3 is 20.3 Å². The molecular weight excluding hydrogens is 354 g/mol. The Kier molecular flexibility index (Phi) is 7.03. The van der Waals surface area contributed by atoms with Gasteiger partial charge in [0.2, 0.25) is 0 Å². The minimum Gasteiger partial charge on any atom is -0.383 e. The molecule has 1 aliphatic rings. The Morgan fingerprint density at radius 1 is 1.00 bits per heavy atom. The van der Waals surface area contributed by atoms with Gasteiger partial charge in [0.05, 0.1) is 12.2 Å². The Morgan fingerprint density at radius 2 is 1.75 bits per heavy atom. The van der Waals surface area contributed by atoms with Gasteiger partial charge in [-0.3, -0.25) is 9.59 Å². The maximum atomic E-state index is 12.8. The summed E-state index contributed by atoms with van der Waals surface area (Å²) in [4.78, 5) is 27.5. The number of amides is 2. The molecule has 0 unspecified atom stereocenters.